The smallest absolute Gasteiger partial charge is 0.297 e. The summed E-state index contributed by atoms with van der Waals surface area (Å²) in [4.78, 5) is 46.4. The van der Waals surface area contributed by atoms with Gasteiger partial charge >= 0.3 is 0 Å². The Morgan fingerprint density at radius 3 is 2.56 bits per heavy atom. The number of para-hydroxylation sites is 1. The van der Waals surface area contributed by atoms with Crippen LogP contribution in [0.3, 0.4) is 0 Å². The van der Waals surface area contributed by atoms with Crippen molar-refractivity contribution in [2.24, 2.45) is 0 Å². The second kappa shape index (κ2) is 9.51. The molecule has 0 aliphatic carbocycles. The molecule has 11 heteroatoms. The molecular formula is C30H20Cl2N4O4S. The van der Waals surface area contributed by atoms with Gasteiger partial charge in [0, 0.05) is 22.0 Å². The lowest BCUT2D eigenvalue weighted by Crippen LogP contribution is -2.53. The Morgan fingerprint density at radius 2 is 1.76 bits per heavy atom. The molecule has 0 bridgehead atoms. The number of aromatic nitrogens is 2. The second-order valence-electron chi connectivity index (χ2n) is 9.85. The number of hydrogen-bond acceptors (Lipinski definition) is 7. The number of hydrogen-bond donors (Lipinski definition) is 0. The summed E-state index contributed by atoms with van der Waals surface area (Å²) in [6.45, 7) is 2.14. The highest BCUT2D eigenvalue weighted by Gasteiger charge is 2.66. The van der Waals surface area contributed by atoms with Gasteiger partial charge in [0.2, 0.25) is 10.9 Å². The first-order valence-electron chi connectivity index (χ1n) is 12.9. The fourth-order valence-electron chi connectivity index (χ4n) is 5.74. The number of carbonyl (C=O) groups excluding carboxylic acids is 2. The van der Waals surface area contributed by atoms with Crippen molar-refractivity contribution in [3.8, 4) is 0 Å². The van der Waals surface area contributed by atoms with E-state index in [9.17, 15) is 14.4 Å². The van der Waals surface area contributed by atoms with Crippen LogP contribution in [0, 0.1) is 0 Å². The zero-order chi connectivity index (χ0) is 28.5. The van der Waals surface area contributed by atoms with Crippen LogP contribution in [0.2, 0.25) is 10.0 Å². The molecule has 2 aromatic heterocycles. The van der Waals surface area contributed by atoms with Gasteiger partial charge in [-0.2, -0.15) is 0 Å². The Kier molecular flexibility index (Phi) is 6.01. The minimum Gasteiger partial charge on any atom is -0.450 e. The Balaban J connectivity index is 1.55. The molecule has 2 aliphatic rings. The van der Waals surface area contributed by atoms with Gasteiger partial charge in [-0.3, -0.25) is 19.3 Å². The monoisotopic (exact) mass is 602 g/mol. The molecule has 7 rings (SSSR count). The van der Waals surface area contributed by atoms with Crippen LogP contribution in [-0.4, -0.2) is 22.0 Å². The molecule has 204 valence electrons. The molecule has 1 spiro atoms. The van der Waals surface area contributed by atoms with Gasteiger partial charge in [0.1, 0.15) is 10.6 Å². The van der Waals surface area contributed by atoms with E-state index in [2.05, 4.69) is 10.2 Å². The molecule has 0 saturated carbocycles. The van der Waals surface area contributed by atoms with Crippen LogP contribution in [0.1, 0.15) is 45.6 Å². The number of fused-ring (bicyclic) bond motifs is 5. The van der Waals surface area contributed by atoms with Gasteiger partial charge in [0.25, 0.3) is 11.8 Å². The molecular weight excluding hydrogens is 583 g/mol. The summed E-state index contributed by atoms with van der Waals surface area (Å²) in [6.07, 6.45) is 1.48. The molecule has 0 radical (unpaired) electrons. The van der Waals surface area contributed by atoms with E-state index in [0.29, 0.717) is 38.3 Å². The molecule has 0 saturated heterocycles. The minimum atomic E-state index is -1.87. The highest BCUT2D eigenvalue weighted by molar-refractivity contribution is 7.15. The van der Waals surface area contributed by atoms with E-state index >= 15 is 0 Å². The first-order chi connectivity index (χ1) is 19.9. The molecule has 4 heterocycles. The van der Waals surface area contributed by atoms with E-state index in [-0.39, 0.29) is 34.0 Å². The molecule has 2 aliphatic heterocycles. The van der Waals surface area contributed by atoms with E-state index in [0.717, 1.165) is 6.42 Å². The summed E-state index contributed by atoms with van der Waals surface area (Å²) in [5, 5.41) is 10.5. The van der Waals surface area contributed by atoms with Crippen molar-refractivity contribution in [2.75, 3.05) is 9.80 Å². The number of aryl methyl sites for hydroxylation is 1. The quantitative estimate of drug-likeness (QED) is 0.232. The van der Waals surface area contributed by atoms with Gasteiger partial charge in [0.15, 0.2) is 11.0 Å². The number of benzene rings is 3. The Hall–Kier alpha value is -4.05. The minimum absolute atomic E-state index is 0.0661. The summed E-state index contributed by atoms with van der Waals surface area (Å²) in [5.74, 6) is -1.35. The third-order valence-electron chi connectivity index (χ3n) is 7.48. The number of nitrogens with zero attached hydrogens (tertiary/aromatic N) is 4. The van der Waals surface area contributed by atoms with Crippen LogP contribution in [0.4, 0.5) is 10.8 Å². The van der Waals surface area contributed by atoms with E-state index in [1.165, 1.54) is 22.3 Å². The lowest BCUT2D eigenvalue weighted by molar-refractivity contribution is -0.121. The molecule has 2 amide bonds. The third kappa shape index (κ3) is 3.62. The van der Waals surface area contributed by atoms with Gasteiger partial charge < -0.3 is 9.32 Å². The van der Waals surface area contributed by atoms with Crippen LogP contribution in [0.15, 0.2) is 75.9 Å². The van der Waals surface area contributed by atoms with Gasteiger partial charge in [-0.25, -0.2) is 0 Å². The molecule has 0 N–H and O–H groups in total. The number of anilines is 2. The number of rotatable bonds is 5. The lowest BCUT2D eigenvalue weighted by atomic mass is 9.84. The SMILES string of the molecule is CCCc1nnc(N2C(=O)c3oc4ccc(Cl)cc4c(=O)c3C23C(=O)N(Cc2ccccc2Cl)c2ccccc23)s1. The lowest BCUT2D eigenvalue weighted by Gasteiger charge is -2.32. The fraction of sp³-hybridized carbons (Fsp3) is 0.167. The molecule has 1 unspecified atom stereocenters. The molecule has 5 aromatic rings. The van der Waals surface area contributed by atoms with Crippen molar-refractivity contribution < 1.29 is 14.0 Å². The second-order valence-corrected chi connectivity index (χ2v) is 11.7. The van der Waals surface area contributed by atoms with E-state index in [1.54, 1.807) is 47.4 Å². The predicted molar refractivity (Wildman–Crippen MR) is 158 cm³/mol. The van der Waals surface area contributed by atoms with E-state index in [1.807, 2.05) is 25.1 Å². The first kappa shape index (κ1) is 25.9. The Morgan fingerprint density at radius 1 is 0.976 bits per heavy atom. The number of halogens is 2. The topological polar surface area (TPSA) is 96.6 Å². The Bertz CT molecular complexity index is 1970. The highest BCUT2D eigenvalue weighted by atomic mass is 35.5. The van der Waals surface area contributed by atoms with Crippen molar-refractivity contribution in [1.82, 2.24) is 10.2 Å². The summed E-state index contributed by atoms with van der Waals surface area (Å²) >= 11 is 14.0. The fourth-order valence-corrected chi connectivity index (χ4v) is 7.10. The maximum atomic E-state index is 14.9. The van der Waals surface area contributed by atoms with Crippen molar-refractivity contribution in [1.29, 1.82) is 0 Å². The molecule has 1 atom stereocenters. The van der Waals surface area contributed by atoms with Crippen molar-refractivity contribution in [2.45, 2.75) is 31.8 Å². The van der Waals surface area contributed by atoms with E-state index < -0.39 is 22.8 Å². The zero-order valence-electron chi connectivity index (χ0n) is 21.6. The van der Waals surface area contributed by atoms with Gasteiger partial charge in [-0.1, -0.05) is 77.9 Å². The summed E-state index contributed by atoms with van der Waals surface area (Å²) < 4.78 is 6.10. The van der Waals surface area contributed by atoms with E-state index in [4.69, 9.17) is 27.6 Å². The van der Waals surface area contributed by atoms with Crippen LogP contribution < -0.4 is 15.2 Å². The standard InChI is InChI=1S/C30H20Cl2N4O4S/c1-2-7-23-33-34-29(41-23)36-27(38)26-24(25(37)18-14-17(31)12-13-22(18)40-26)30(36)19-9-4-6-11-21(19)35(28(30)39)15-16-8-3-5-10-20(16)32/h3-6,8-14H,2,7,15H2,1H3. The average Bonchev–Trinajstić information content (AvgIpc) is 3.60. The average molecular weight is 603 g/mol. The normalized spacial score (nSPS) is 17.6. The molecule has 3 aromatic carbocycles. The number of amides is 2. The molecule has 8 nitrogen and oxygen atoms in total. The van der Waals surface area contributed by atoms with Crippen LogP contribution in [0.25, 0.3) is 11.0 Å². The van der Waals surface area contributed by atoms with Gasteiger partial charge in [0.05, 0.1) is 23.2 Å². The zero-order valence-corrected chi connectivity index (χ0v) is 23.9. The Labute approximate surface area is 247 Å². The highest BCUT2D eigenvalue weighted by Crippen LogP contribution is 2.54. The molecule has 41 heavy (non-hydrogen) atoms. The van der Waals surface area contributed by atoms with Crippen molar-refractivity contribution in [3.05, 3.63) is 114 Å². The maximum absolute atomic E-state index is 14.9. The van der Waals surface area contributed by atoms with Crippen LogP contribution in [0.5, 0.6) is 0 Å². The summed E-state index contributed by atoms with van der Waals surface area (Å²) in [6, 6.07) is 19.0. The van der Waals surface area contributed by atoms with Gasteiger partial charge in [-0.05, 0) is 42.3 Å². The number of carbonyl (C=O) groups is 2. The van der Waals surface area contributed by atoms with Crippen LogP contribution >= 0.6 is 34.5 Å². The predicted octanol–water partition coefficient (Wildman–Crippen LogP) is 6.35. The summed E-state index contributed by atoms with van der Waals surface area (Å²) in [5.41, 5.74) is -0.533. The van der Waals surface area contributed by atoms with Crippen molar-refractivity contribution in [3.63, 3.8) is 0 Å². The summed E-state index contributed by atoms with van der Waals surface area (Å²) in [7, 11) is 0. The maximum Gasteiger partial charge on any atom is 0.297 e. The van der Waals surface area contributed by atoms with Gasteiger partial charge in [-0.15, -0.1) is 10.2 Å². The van der Waals surface area contributed by atoms with Crippen molar-refractivity contribution >= 4 is 68.1 Å². The largest absolute Gasteiger partial charge is 0.450 e. The third-order valence-corrected chi connectivity index (χ3v) is 9.06. The molecule has 0 fully saturated rings. The first-order valence-corrected chi connectivity index (χ1v) is 14.5. The van der Waals surface area contributed by atoms with Crippen LogP contribution in [-0.2, 0) is 23.3 Å².